The first-order chi connectivity index (χ1) is 10.0. The molecule has 0 spiro atoms. The lowest BCUT2D eigenvalue weighted by atomic mass is 10.2. The second kappa shape index (κ2) is 6.74. The summed E-state index contributed by atoms with van der Waals surface area (Å²) in [6, 6.07) is 6.10. The van der Waals surface area contributed by atoms with E-state index in [1.54, 1.807) is 25.1 Å². The van der Waals surface area contributed by atoms with Crippen molar-refractivity contribution in [1.82, 2.24) is 4.98 Å². The minimum absolute atomic E-state index is 0.0299. The van der Waals surface area contributed by atoms with Gasteiger partial charge in [0.1, 0.15) is 0 Å². The Morgan fingerprint density at radius 1 is 1.33 bits per heavy atom. The van der Waals surface area contributed by atoms with E-state index in [9.17, 15) is 9.18 Å². The Morgan fingerprint density at radius 2 is 2.10 bits per heavy atom. The van der Waals surface area contributed by atoms with Crippen molar-refractivity contribution in [3.63, 3.8) is 0 Å². The van der Waals surface area contributed by atoms with Gasteiger partial charge in [-0.3, -0.25) is 4.79 Å². The Labute approximate surface area is 131 Å². The fourth-order valence-electron chi connectivity index (χ4n) is 1.70. The van der Waals surface area contributed by atoms with Crippen LogP contribution in [0.3, 0.4) is 0 Å². The van der Waals surface area contributed by atoms with E-state index >= 15 is 0 Å². The van der Waals surface area contributed by atoms with Crippen LogP contribution in [-0.4, -0.2) is 17.4 Å². The molecule has 110 valence electrons. The molecule has 2 N–H and O–H groups in total. The van der Waals surface area contributed by atoms with Crippen molar-refractivity contribution in [1.29, 1.82) is 0 Å². The van der Waals surface area contributed by atoms with Crippen molar-refractivity contribution in [2.75, 3.05) is 17.2 Å². The SMILES string of the molecule is CCNc1nccc(C(=O)Nc2cccc(Cl)c2Cl)c1F. The molecular formula is C14H12Cl2FN3O. The van der Waals surface area contributed by atoms with Crippen molar-refractivity contribution >= 4 is 40.6 Å². The Bertz CT molecular complexity index is 679. The number of pyridine rings is 1. The molecule has 1 aromatic carbocycles. The van der Waals surface area contributed by atoms with Crippen LogP contribution in [0.4, 0.5) is 15.9 Å². The summed E-state index contributed by atoms with van der Waals surface area (Å²) in [5.41, 5.74) is 0.187. The highest BCUT2D eigenvalue weighted by Crippen LogP contribution is 2.30. The first-order valence-electron chi connectivity index (χ1n) is 6.18. The number of hydrogen-bond donors (Lipinski definition) is 2. The highest BCUT2D eigenvalue weighted by Gasteiger charge is 2.17. The molecule has 7 heteroatoms. The number of nitrogens with zero attached hydrogens (tertiary/aromatic N) is 1. The molecule has 1 amide bonds. The van der Waals surface area contributed by atoms with Gasteiger partial charge in [0, 0.05) is 12.7 Å². The zero-order valence-electron chi connectivity index (χ0n) is 11.1. The van der Waals surface area contributed by atoms with Gasteiger partial charge >= 0.3 is 0 Å². The third-order valence-corrected chi connectivity index (χ3v) is 3.50. The minimum atomic E-state index is -0.713. The monoisotopic (exact) mass is 327 g/mol. The minimum Gasteiger partial charge on any atom is -0.368 e. The fourth-order valence-corrected chi connectivity index (χ4v) is 2.05. The van der Waals surface area contributed by atoms with Gasteiger partial charge in [0.25, 0.3) is 5.91 Å². The van der Waals surface area contributed by atoms with E-state index in [2.05, 4.69) is 15.6 Å². The van der Waals surface area contributed by atoms with E-state index in [1.807, 2.05) is 0 Å². The summed E-state index contributed by atoms with van der Waals surface area (Å²) < 4.78 is 14.1. The van der Waals surface area contributed by atoms with E-state index in [1.165, 1.54) is 12.3 Å². The zero-order chi connectivity index (χ0) is 15.4. The van der Waals surface area contributed by atoms with E-state index in [4.69, 9.17) is 23.2 Å². The van der Waals surface area contributed by atoms with E-state index < -0.39 is 11.7 Å². The summed E-state index contributed by atoms with van der Waals surface area (Å²) in [4.78, 5) is 16.0. The topological polar surface area (TPSA) is 54.0 Å². The predicted molar refractivity (Wildman–Crippen MR) is 82.8 cm³/mol. The van der Waals surface area contributed by atoms with Crippen molar-refractivity contribution in [2.45, 2.75) is 6.92 Å². The van der Waals surface area contributed by atoms with Gasteiger partial charge in [-0.2, -0.15) is 0 Å². The maximum absolute atomic E-state index is 14.1. The number of amides is 1. The van der Waals surface area contributed by atoms with Crippen LogP contribution in [0.2, 0.25) is 10.0 Å². The van der Waals surface area contributed by atoms with Crippen LogP contribution in [0, 0.1) is 5.82 Å². The van der Waals surface area contributed by atoms with Crippen LogP contribution in [-0.2, 0) is 0 Å². The molecule has 21 heavy (non-hydrogen) atoms. The van der Waals surface area contributed by atoms with Crippen LogP contribution in [0.15, 0.2) is 30.5 Å². The van der Waals surface area contributed by atoms with Crippen molar-refractivity contribution in [3.05, 3.63) is 51.9 Å². The number of halogens is 3. The molecule has 2 rings (SSSR count). The molecule has 1 heterocycles. The molecule has 2 aromatic rings. The molecule has 0 atom stereocenters. The molecule has 0 fully saturated rings. The van der Waals surface area contributed by atoms with Crippen LogP contribution < -0.4 is 10.6 Å². The van der Waals surface area contributed by atoms with Gasteiger partial charge in [0.15, 0.2) is 11.6 Å². The third kappa shape index (κ3) is 3.43. The average molecular weight is 328 g/mol. The molecule has 0 aliphatic heterocycles. The third-order valence-electron chi connectivity index (χ3n) is 2.68. The number of carbonyl (C=O) groups excluding carboxylic acids is 1. The average Bonchev–Trinajstić information content (AvgIpc) is 2.46. The Hall–Kier alpha value is -1.85. The lowest BCUT2D eigenvalue weighted by Crippen LogP contribution is -2.16. The van der Waals surface area contributed by atoms with Crippen molar-refractivity contribution < 1.29 is 9.18 Å². The fraction of sp³-hybridized carbons (Fsp3) is 0.143. The molecule has 0 saturated heterocycles. The molecule has 0 unspecified atom stereocenters. The quantitative estimate of drug-likeness (QED) is 0.884. The van der Waals surface area contributed by atoms with Gasteiger partial charge in [-0.05, 0) is 25.1 Å². The number of rotatable bonds is 4. The normalized spacial score (nSPS) is 10.3. The van der Waals surface area contributed by atoms with Gasteiger partial charge in [-0.25, -0.2) is 9.37 Å². The first kappa shape index (κ1) is 15.5. The second-order valence-electron chi connectivity index (χ2n) is 4.11. The molecule has 0 aliphatic carbocycles. The summed E-state index contributed by atoms with van der Waals surface area (Å²) in [5.74, 6) is -1.31. The van der Waals surface area contributed by atoms with Crippen LogP contribution in [0.5, 0.6) is 0 Å². The summed E-state index contributed by atoms with van der Waals surface area (Å²) in [6.07, 6.45) is 1.36. The first-order valence-corrected chi connectivity index (χ1v) is 6.94. The summed E-state index contributed by atoms with van der Waals surface area (Å²) in [6.45, 7) is 2.30. The molecule has 1 aromatic heterocycles. The molecular weight excluding hydrogens is 316 g/mol. The maximum Gasteiger partial charge on any atom is 0.258 e. The standard InChI is InChI=1S/C14H12Cl2FN3O/c1-2-18-13-12(17)8(6-7-19-13)14(21)20-10-5-3-4-9(15)11(10)16/h3-7H,2H2,1H3,(H,18,19)(H,20,21). The number of aromatic nitrogens is 1. The van der Waals surface area contributed by atoms with Crippen LogP contribution in [0.25, 0.3) is 0 Å². The molecule has 0 aliphatic rings. The van der Waals surface area contributed by atoms with Gasteiger partial charge in [0.2, 0.25) is 0 Å². The summed E-state index contributed by atoms with van der Waals surface area (Å²) in [7, 11) is 0. The molecule has 0 radical (unpaired) electrons. The number of carbonyl (C=O) groups is 1. The largest absolute Gasteiger partial charge is 0.368 e. The summed E-state index contributed by atoms with van der Waals surface area (Å²) >= 11 is 11.8. The number of anilines is 2. The number of benzene rings is 1. The maximum atomic E-state index is 14.1. The van der Waals surface area contributed by atoms with Crippen molar-refractivity contribution in [3.8, 4) is 0 Å². The highest BCUT2D eigenvalue weighted by atomic mass is 35.5. The second-order valence-corrected chi connectivity index (χ2v) is 4.89. The van der Waals surface area contributed by atoms with Crippen molar-refractivity contribution in [2.24, 2.45) is 0 Å². The van der Waals surface area contributed by atoms with Crippen LogP contribution in [0.1, 0.15) is 17.3 Å². The molecule has 0 bridgehead atoms. The lowest BCUT2D eigenvalue weighted by Gasteiger charge is -2.10. The van der Waals surface area contributed by atoms with E-state index in [0.29, 0.717) is 17.3 Å². The van der Waals surface area contributed by atoms with Crippen LogP contribution >= 0.6 is 23.2 Å². The Kier molecular flexibility index (Phi) is 4.98. The number of nitrogens with one attached hydrogen (secondary N) is 2. The molecule has 4 nitrogen and oxygen atoms in total. The predicted octanol–water partition coefficient (Wildman–Crippen LogP) is 4.21. The van der Waals surface area contributed by atoms with Gasteiger partial charge in [-0.15, -0.1) is 0 Å². The number of hydrogen-bond acceptors (Lipinski definition) is 3. The molecule has 0 saturated carbocycles. The lowest BCUT2D eigenvalue weighted by molar-refractivity contribution is 0.102. The Balaban J connectivity index is 2.29. The highest BCUT2D eigenvalue weighted by molar-refractivity contribution is 6.44. The Morgan fingerprint density at radius 3 is 2.81 bits per heavy atom. The smallest absolute Gasteiger partial charge is 0.258 e. The van der Waals surface area contributed by atoms with Gasteiger partial charge < -0.3 is 10.6 Å². The summed E-state index contributed by atoms with van der Waals surface area (Å²) in [5, 5.41) is 5.78. The van der Waals surface area contributed by atoms with E-state index in [0.717, 1.165) is 0 Å². The van der Waals surface area contributed by atoms with E-state index in [-0.39, 0.29) is 16.4 Å². The zero-order valence-corrected chi connectivity index (χ0v) is 12.6. The van der Waals surface area contributed by atoms with Gasteiger partial charge in [-0.1, -0.05) is 29.3 Å². The van der Waals surface area contributed by atoms with Gasteiger partial charge in [0.05, 0.1) is 21.3 Å².